The molecular formula is C8H19B5NO2P. The van der Waals surface area contributed by atoms with Crippen molar-refractivity contribution in [1.29, 1.82) is 0 Å². The van der Waals surface area contributed by atoms with Crippen molar-refractivity contribution in [3.05, 3.63) is 23.9 Å². The molecular weight excluding hydrogens is 227 g/mol. The van der Waals surface area contributed by atoms with E-state index in [1.54, 1.807) is 6.20 Å². The standard InChI is InChI=1S/C8H19B5NO2P/c9-8(10,11)17(12,13)16-7-2-1-6(3-4-15)5-14-7/h1-2,5,15,17H,3-4,9-13H2. The Labute approximate surface area is 108 Å². The van der Waals surface area contributed by atoms with E-state index in [-0.39, 0.29) is 11.5 Å². The molecule has 0 atom stereocenters. The molecule has 1 heterocycles. The van der Waals surface area contributed by atoms with E-state index in [4.69, 9.17) is 9.63 Å². The van der Waals surface area contributed by atoms with Crippen molar-refractivity contribution < 1.29 is 9.63 Å². The van der Waals surface area contributed by atoms with Crippen molar-refractivity contribution in [3.8, 4) is 5.88 Å². The van der Waals surface area contributed by atoms with Crippen LogP contribution in [-0.2, 0) is 6.42 Å². The van der Waals surface area contributed by atoms with Crippen LogP contribution in [0.15, 0.2) is 18.3 Å². The van der Waals surface area contributed by atoms with Gasteiger partial charge in [-0.1, -0.05) is 0 Å². The predicted molar refractivity (Wildman–Crippen MR) is 89.4 cm³/mol. The summed E-state index contributed by atoms with van der Waals surface area (Å²) in [5.41, 5.74) is 1.04. The zero-order valence-electron chi connectivity index (χ0n) is 11.4. The Kier molecular flexibility index (Phi) is 4.80. The zero-order chi connectivity index (χ0) is 13.1. The maximum atomic E-state index is 8.83. The molecule has 0 saturated heterocycles. The Morgan fingerprint density at radius 3 is 2.35 bits per heavy atom. The van der Waals surface area contributed by atoms with Crippen LogP contribution in [0.2, 0.25) is 0 Å². The van der Waals surface area contributed by atoms with Gasteiger partial charge in [-0.2, -0.15) is 0 Å². The fourth-order valence-corrected chi connectivity index (χ4v) is 2.11. The molecule has 17 heavy (non-hydrogen) atoms. The molecule has 0 saturated carbocycles. The summed E-state index contributed by atoms with van der Waals surface area (Å²) in [7, 11) is 9.24. The quantitative estimate of drug-likeness (QED) is 0.429. The number of hydrogen-bond donors (Lipinski definition) is 1. The molecule has 0 bridgehead atoms. The molecule has 0 aliphatic carbocycles. The average Bonchev–Trinajstić information content (AvgIpc) is 2.19. The van der Waals surface area contributed by atoms with Crippen LogP contribution in [0.3, 0.4) is 0 Å². The number of pyridine rings is 1. The van der Waals surface area contributed by atoms with Gasteiger partial charge in [0, 0.05) is 0 Å². The van der Waals surface area contributed by atoms with Crippen LogP contribution in [0.4, 0.5) is 0 Å². The van der Waals surface area contributed by atoms with Crippen LogP contribution in [0.1, 0.15) is 5.56 Å². The molecule has 0 fully saturated rings. The van der Waals surface area contributed by atoms with Crippen LogP contribution >= 0.6 is 7.25 Å². The number of hydrogen-bond acceptors (Lipinski definition) is 3. The van der Waals surface area contributed by atoms with Crippen molar-refractivity contribution >= 4 is 45.9 Å². The van der Waals surface area contributed by atoms with Crippen molar-refractivity contribution in [1.82, 2.24) is 4.98 Å². The van der Waals surface area contributed by atoms with Gasteiger partial charge >= 0.3 is 108 Å². The van der Waals surface area contributed by atoms with Crippen molar-refractivity contribution in [2.75, 3.05) is 6.61 Å². The molecule has 0 aromatic carbocycles. The molecule has 1 N–H and O–H groups in total. The number of aliphatic hydroxyl groups excluding tert-OH is 1. The second-order valence-corrected chi connectivity index (χ2v) is 10.6. The zero-order valence-corrected chi connectivity index (χ0v) is 12.4. The first-order chi connectivity index (χ1) is 7.76. The molecule has 1 rings (SSSR count). The third-order valence-electron chi connectivity index (χ3n) is 3.36. The normalized spacial score (nSPS) is 13.2. The monoisotopic (exact) mass is 247 g/mol. The number of nitrogens with zero attached hydrogens (tertiary/aromatic N) is 1. The summed E-state index contributed by atoms with van der Waals surface area (Å²) in [6.07, 6.45) is 2.42. The first-order valence-corrected chi connectivity index (χ1v) is 8.92. The fourth-order valence-electron chi connectivity index (χ4n) is 1.16. The number of aliphatic hydroxyl groups is 1. The molecule has 0 amide bonds. The molecule has 3 nitrogen and oxygen atoms in total. The van der Waals surface area contributed by atoms with Gasteiger partial charge in [-0.3, -0.25) is 0 Å². The molecule has 88 valence electrons. The van der Waals surface area contributed by atoms with Gasteiger partial charge in [0.2, 0.25) is 0 Å². The van der Waals surface area contributed by atoms with Crippen LogP contribution in [-0.4, -0.2) is 60.2 Å². The van der Waals surface area contributed by atoms with Gasteiger partial charge in [0.15, 0.2) is 0 Å². The molecule has 0 aliphatic rings. The summed E-state index contributed by atoms with van der Waals surface area (Å²) in [5, 5.41) is 8.83. The Morgan fingerprint density at radius 1 is 1.29 bits per heavy atom. The molecule has 1 aromatic heterocycles. The number of rotatable bonds is 5. The summed E-state index contributed by atoms with van der Waals surface area (Å²) >= 11 is 0. The Balaban J connectivity index is 2.76. The third kappa shape index (κ3) is 4.11. The van der Waals surface area contributed by atoms with E-state index >= 15 is 0 Å². The molecule has 9 heteroatoms. The maximum absolute atomic E-state index is 8.83. The van der Waals surface area contributed by atoms with E-state index in [1.807, 2.05) is 12.1 Å². The van der Waals surface area contributed by atoms with E-state index in [1.165, 1.54) is 0 Å². The van der Waals surface area contributed by atoms with Gasteiger partial charge in [-0.15, -0.1) is 0 Å². The van der Waals surface area contributed by atoms with E-state index in [9.17, 15) is 0 Å². The Bertz CT molecular complexity index is 367. The van der Waals surface area contributed by atoms with Crippen LogP contribution in [0, 0.1) is 0 Å². The van der Waals surface area contributed by atoms with Crippen molar-refractivity contribution in [2.24, 2.45) is 0 Å². The van der Waals surface area contributed by atoms with Crippen LogP contribution in [0.5, 0.6) is 5.88 Å². The van der Waals surface area contributed by atoms with Crippen LogP contribution in [0.25, 0.3) is 0 Å². The first kappa shape index (κ1) is 14.7. The minimum absolute atomic E-state index is 0.157. The summed E-state index contributed by atoms with van der Waals surface area (Å²) in [6, 6.07) is 3.86. The van der Waals surface area contributed by atoms with E-state index in [2.05, 4.69) is 43.7 Å². The second-order valence-electron chi connectivity index (χ2n) is 5.84. The summed E-state index contributed by atoms with van der Waals surface area (Å²) in [5.74, 6) is 0.693. The summed E-state index contributed by atoms with van der Waals surface area (Å²) in [6.45, 7) is 0.157. The third-order valence-corrected chi connectivity index (χ3v) is 7.70. The van der Waals surface area contributed by atoms with Gasteiger partial charge in [0.05, 0.1) is 0 Å². The second kappa shape index (κ2) is 5.54. The summed E-state index contributed by atoms with van der Waals surface area (Å²) < 4.78 is 6.06. The van der Waals surface area contributed by atoms with Crippen molar-refractivity contribution in [3.63, 3.8) is 0 Å². The topological polar surface area (TPSA) is 42.4 Å². The average molecular weight is 246 g/mol. The SMILES string of the molecule is BC(B)(B)[PH](B)(B)Oc1ccc(CCO)cn1. The van der Waals surface area contributed by atoms with Gasteiger partial charge < -0.3 is 0 Å². The van der Waals surface area contributed by atoms with E-state index < -0.39 is 7.25 Å². The minimum atomic E-state index is -1.79. The van der Waals surface area contributed by atoms with Gasteiger partial charge in [0.25, 0.3) is 0 Å². The number of aromatic nitrogens is 1. The Morgan fingerprint density at radius 2 is 1.94 bits per heavy atom. The molecule has 0 aliphatic heterocycles. The predicted octanol–water partition coefficient (Wildman–Crippen LogP) is -3.73. The van der Waals surface area contributed by atoms with Crippen LogP contribution < -0.4 is 4.52 Å². The Hall–Kier alpha value is -0.335. The fraction of sp³-hybridized carbons (Fsp3) is 0.375. The first-order valence-electron chi connectivity index (χ1n) is 6.01. The molecule has 0 unspecified atom stereocenters. The van der Waals surface area contributed by atoms with Gasteiger partial charge in [-0.25, -0.2) is 0 Å². The van der Waals surface area contributed by atoms with Crippen molar-refractivity contribution in [2.45, 2.75) is 11.3 Å². The molecule has 0 radical (unpaired) electrons. The van der Waals surface area contributed by atoms with E-state index in [0.717, 1.165) is 5.56 Å². The molecule has 0 spiro atoms. The van der Waals surface area contributed by atoms with Gasteiger partial charge in [0.1, 0.15) is 0 Å². The van der Waals surface area contributed by atoms with Gasteiger partial charge in [-0.05, 0) is 0 Å². The summed E-state index contributed by atoms with van der Waals surface area (Å²) in [4.78, 5) is 4.48. The molecule has 1 aromatic rings. The van der Waals surface area contributed by atoms with E-state index in [0.29, 0.717) is 12.3 Å².